The highest BCUT2D eigenvalue weighted by molar-refractivity contribution is 7.91. The van der Waals surface area contributed by atoms with Crippen LogP contribution in [0.15, 0.2) is 18.2 Å². The topological polar surface area (TPSA) is 70.2 Å². The number of ether oxygens (including phenoxy) is 1. The zero-order valence-electron chi connectivity index (χ0n) is 21.9. The van der Waals surface area contributed by atoms with Crippen LogP contribution in [0.25, 0.3) is 0 Å². The summed E-state index contributed by atoms with van der Waals surface area (Å²) < 4.78 is 67.1. The number of carbonyl (C=O) groups is 1. The summed E-state index contributed by atoms with van der Waals surface area (Å²) in [5.74, 6) is 0. The average Bonchev–Trinajstić information content (AvgIpc) is 3.20. The van der Waals surface area contributed by atoms with E-state index in [1.807, 2.05) is 0 Å². The minimum Gasteiger partial charge on any atom is -0.437 e. The van der Waals surface area contributed by atoms with E-state index < -0.39 is 28.2 Å². The smallest absolute Gasteiger partial charge is 0.425 e. The van der Waals surface area contributed by atoms with E-state index in [9.17, 15) is 26.4 Å². The number of aryl methyl sites for hydroxylation is 1. The average molecular weight is 546 g/mol. The second-order valence-electron chi connectivity index (χ2n) is 11.0. The quantitative estimate of drug-likeness (QED) is 0.542. The summed E-state index contributed by atoms with van der Waals surface area (Å²) in [6.07, 6.45) is -1.60. The Balaban J connectivity index is 1.42. The minimum atomic E-state index is -4.57. The van der Waals surface area contributed by atoms with Gasteiger partial charge in [-0.3, -0.25) is 4.90 Å². The van der Waals surface area contributed by atoms with Crippen LogP contribution >= 0.6 is 0 Å². The van der Waals surface area contributed by atoms with Gasteiger partial charge in [-0.25, -0.2) is 13.2 Å². The molecule has 1 amide bonds. The van der Waals surface area contributed by atoms with Crippen LogP contribution in [0.4, 0.5) is 23.7 Å². The van der Waals surface area contributed by atoms with Crippen molar-refractivity contribution < 1.29 is 31.1 Å². The maximum atomic E-state index is 12.8. The molecular weight excluding hydrogens is 507 g/mol. The first kappa shape index (κ1) is 28.0. The van der Waals surface area contributed by atoms with E-state index in [0.717, 1.165) is 44.1 Å². The van der Waals surface area contributed by atoms with Crippen molar-refractivity contribution in [1.29, 1.82) is 0 Å². The zero-order valence-corrected chi connectivity index (χ0v) is 22.7. The molecule has 37 heavy (non-hydrogen) atoms. The molecule has 1 spiro atoms. The highest BCUT2D eigenvalue weighted by Gasteiger charge is 2.45. The Morgan fingerprint density at radius 2 is 1.76 bits per heavy atom. The van der Waals surface area contributed by atoms with Gasteiger partial charge in [-0.1, -0.05) is 12.1 Å². The van der Waals surface area contributed by atoms with Crippen LogP contribution in [0.2, 0.25) is 0 Å². The molecule has 11 heteroatoms. The molecule has 0 bridgehead atoms. The molecule has 0 aliphatic carbocycles. The molecular formula is C26H38F3N3O4S. The molecule has 4 rings (SSSR count). The van der Waals surface area contributed by atoms with Gasteiger partial charge in [0.15, 0.2) is 6.10 Å². The van der Waals surface area contributed by atoms with Gasteiger partial charge in [0.25, 0.3) is 0 Å². The molecule has 3 aliphatic rings. The van der Waals surface area contributed by atoms with Crippen molar-refractivity contribution in [3.8, 4) is 0 Å². The largest absolute Gasteiger partial charge is 0.437 e. The number of piperidine rings is 2. The summed E-state index contributed by atoms with van der Waals surface area (Å²) in [4.78, 5) is 18.5. The normalized spacial score (nSPS) is 22.4. The van der Waals surface area contributed by atoms with E-state index in [2.05, 4.69) is 39.7 Å². The van der Waals surface area contributed by atoms with Crippen molar-refractivity contribution in [2.45, 2.75) is 82.0 Å². The molecule has 1 aromatic carbocycles. The number of halogens is 3. The highest BCUT2D eigenvalue weighted by atomic mass is 32.2. The first-order valence-electron chi connectivity index (χ1n) is 13.1. The molecule has 3 aliphatic heterocycles. The molecule has 208 valence electrons. The SMILES string of the molecule is Cc1ccc(CN2CCCC23CCN(C(=O)OC(C)C(F)(F)F)CC3)c(N2CCC(S(C)(=O)=O)CC2)c1. The second-order valence-corrected chi connectivity index (χ2v) is 13.3. The van der Waals surface area contributed by atoms with Crippen molar-refractivity contribution in [1.82, 2.24) is 9.80 Å². The summed E-state index contributed by atoms with van der Waals surface area (Å²) in [5, 5.41) is -0.283. The van der Waals surface area contributed by atoms with Gasteiger partial charge in [-0.2, -0.15) is 13.2 Å². The van der Waals surface area contributed by atoms with Gasteiger partial charge in [0.05, 0.1) is 5.25 Å². The molecule has 0 saturated carbocycles. The van der Waals surface area contributed by atoms with Crippen LogP contribution in [0.3, 0.4) is 0 Å². The van der Waals surface area contributed by atoms with E-state index in [-0.39, 0.29) is 10.8 Å². The summed E-state index contributed by atoms with van der Waals surface area (Å²) in [5.41, 5.74) is 3.42. The molecule has 3 saturated heterocycles. The van der Waals surface area contributed by atoms with Crippen LogP contribution in [0, 0.1) is 6.92 Å². The number of anilines is 1. The first-order chi connectivity index (χ1) is 17.3. The molecule has 1 unspecified atom stereocenters. The van der Waals surface area contributed by atoms with E-state index in [1.54, 1.807) is 0 Å². The fourth-order valence-electron chi connectivity index (χ4n) is 6.04. The summed E-state index contributed by atoms with van der Waals surface area (Å²) in [6, 6.07) is 6.44. The van der Waals surface area contributed by atoms with Crippen LogP contribution in [0.1, 0.15) is 56.6 Å². The Morgan fingerprint density at radius 3 is 2.35 bits per heavy atom. The minimum absolute atomic E-state index is 0.0855. The van der Waals surface area contributed by atoms with E-state index in [4.69, 9.17) is 0 Å². The predicted octanol–water partition coefficient (Wildman–Crippen LogP) is 4.53. The first-order valence-corrected chi connectivity index (χ1v) is 15.0. The van der Waals surface area contributed by atoms with Gasteiger partial charge in [0.1, 0.15) is 9.84 Å². The highest BCUT2D eigenvalue weighted by Crippen LogP contribution is 2.41. The number of hydrogen-bond donors (Lipinski definition) is 0. The summed E-state index contributed by atoms with van der Waals surface area (Å²) in [6.45, 7) is 6.74. The third kappa shape index (κ3) is 6.35. The number of alkyl halides is 3. The van der Waals surface area contributed by atoms with Crippen molar-refractivity contribution in [3.63, 3.8) is 0 Å². The monoisotopic (exact) mass is 545 g/mol. The van der Waals surface area contributed by atoms with Gasteiger partial charge < -0.3 is 14.5 Å². The standard InChI is InChI=1S/C26H38F3N3O4S/c1-19-5-6-21(23(17-19)30-13-7-22(8-14-30)37(3,34)35)18-32-12-4-9-25(32)10-15-31(16-11-25)24(33)36-20(2)26(27,28)29/h5-6,17,20,22H,4,7-16,18H2,1-3H3. The van der Waals surface area contributed by atoms with Gasteiger partial charge >= 0.3 is 12.3 Å². The number of nitrogens with zero attached hydrogens (tertiary/aromatic N) is 3. The van der Waals surface area contributed by atoms with E-state index >= 15 is 0 Å². The number of hydrogen-bond acceptors (Lipinski definition) is 6. The van der Waals surface area contributed by atoms with Crippen molar-refractivity contribution in [2.75, 3.05) is 43.9 Å². The van der Waals surface area contributed by atoms with Crippen LogP contribution in [-0.4, -0.2) is 86.4 Å². The Kier molecular flexibility index (Phi) is 8.05. The molecule has 1 aromatic rings. The third-order valence-corrected chi connectivity index (χ3v) is 10.1. The number of amides is 1. The van der Waals surface area contributed by atoms with Gasteiger partial charge in [-0.15, -0.1) is 0 Å². The van der Waals surface area contributed by atoms with Gasteiger partial charge in [0, 0.05) is 50.2 Å². The van der Waals surface area contributed by atoms with Crippen molar-refractivity contribution in [2.24, 2.45) is 0 Å². The second kappa shape index (κ2) is 10.6. The van der Waals surface area contributed by atoms with Crippen molar-refractivity contribution in [3.05, 3.63) is 29.3 Å². The molecule has 0 radical (unpaired) electrons. The van der Waals surface area contributed by atoms with Crippen LogP contribution in [0.5, 0.6) is 0 Å². The lowest BCUT2D eigenvalue weighted by atomic mass is 9.84. The van der Waals surface area contributed by atoms with Gasteiger partial charge in [0.2, 0.25) is 0 Å². The van der Waals surface area contributed by atoms with Gasteiger partial charge in [-0.05, 0) is 76.1 Å². The molecule has 3 fully saturated rings. The van der Waals surface area contributed by atoms with Crippen LogP contribution < -0.4 is 4.90 Å². The Bertz CT molecular complexity index is 1080. The maximum absolute atomic E-state index is 12.8. The van der Waals surface area contributed by atoms with E-state index in [1.165, 1.54) is 16.7 Å². The maximum Gasteiger partial charge on any atom is 0.425 e. The number of sulfone groups is 1. The lowest BCUT2D eigenvalue weighted by molar-refractivity contribution is -0.200. The fraction of sp³-hybridized carbons (Fsp3) is 0.731. The number of likely N-dealkylation sites (tertiary alicyclic amines) is 2. The predicted molar refractivity (Wildman–Crippen MR) is 136 cm³/mol. The van der Waals surface area contributed by atoms with Crippen LogP contribution in [-0.2, 0) is 21.1 Å². The lowest BCUT2D eigenvalue weighted by Gasteiger charge is -2.45. The Labute approximate surface area is 217 Å². The van der Waals surface area contributed by atoms with Crippen molar-refractivity contribution >= 4 is 21.6 Å². The zero-order chi connectivity index (χ0) is 27.0. The Hall–Kier alpha value is -2.01. The molecule has 0 aromatic heterocycles. The lowest BCUT2D eigenvalue weighted by Crippen LogP contribution is -2.53. The molecule has 7 nitrogen and oxygen atoms in total. The summed E-state index contributed by atoms with van der Waals surface area (Å²) >= 11 is 0. The Morgan fingerprint density at radius 1 is 1.11 bits per heavy atom. The van der Waals surface area contributed by atoms with E-state index in [0.29, 0.717) is 51.9 Å². The summed E-state index contributed by atoms with van der Waals surface area (Å²) in [7, 11) is -3.04. The fourth-order valence-corrected chi connectivity index (χ4v) is 7.10. The number of rotatable bonds is 5. The number of benzene rings is 1. The molecule has 0 N–H and O–H groups in total. The molecule has 3 heterocycles. The number of carbonyl (C=O) groups excluding carboxylic acids is 1. The molecule has 1 atom stereocenters. The third-order valence-electron chi connectivity index (χ3n) is 8.42.